The summed E-state index contributed by atoms with van der Waals surface area (Å²) < 4.78 is 5.78. The van der Waals surface area contributed by atoms with Crippen LogP contribution >= 0.6 is 0 Å². The predicted molar refractivity (Wildman–Crippen MR) is 103 cm³/mol. The lowest BCUT2D eigenvalue weighted by atomic mass is 9.92. The van der Waals surface area contributed by atoms with Crippen molar-refractivity contribution in [2.24, 2.45) is 11.8 Å². The SMILES string of the molecule is CC1CC(C)CN(C(=O)NCc2ccc(N3CC(C)OC(C)C3)nc2)C1. The number of carbonyl (C=O) groups is 1. The summed E-state index contributed by atoms with van der Waals surface area (Å²) in [5.41, 5.74) is 1.02. The number of carbonyl (C=O) groups excluding carboxylic acids is 1. The van der Waals surface area contributed by atoms with Crippen LogP contribution in [-0.4, -0.2) is 54.3 Å². The zero-order valence-corrected chi connectivity index (χ0v) is 16.4. The summed E-state index contributed by atoms with van der Waals surface area (Å²) in [5.74, 6) is 2.12. The molecule has 0 aromatic carbocycles. The van der Waals surface area contributed by atoms with Crippen molar-refractivity contribution in [3.8, 4) is 0 Å². The lowest BCUT2D eigenvalue weighted by molar-refractivity contribution is -0.00546. The van der Waals surface area contributed by atoms with Crippen molar-refractivity contribution < 1.29 is 9.53 Å². The molecule has 1 aromatic rings. The molecule has 4 unspecified atom stereocenters. The number of nitrogens with zero attached hydrogens (tertiary/aromatic N) is 3. The Morgan fingerprint density at radius 3 is 2.35 bits per heavy atom. The summed E-state index contributed by atoms with van der Waals surface area (Å²) in [7, 11) is 0. The summed E-state index contributed by atoms with van der Waals surface area (Å²) in [6, 6.07) is 4.12. The molecule has 2 aliphatic rings. The second-order valence-electron chi connectivity index (χ2n) is 8.20. The molecule has 0 saturated carbocycles. The molecule has 26 heavy (non-hydrogen) atoms. The third-order valence-electron chi connectivity index (χ3n) is 5.15. The number of hydrogen-bond acceptors (Lipinski definition) is 4. The van der Waals surface area contributed by atoms with Crippen LogP contribution in [0.25, 0.3) is 0 Å². The van der Waals surface area contributed by atoms with Crippen LogP contribution in [0, 0.1) is 11.8 Å². The third kappa shape index (κ3) is 4.87. The monoisotopic (exact) mass is 360 g/mol. The van der Waals surface area contributed by atoms with Gasteiger partial charge in [0.1, 0.15) is 5.82 Å². The molecular weight excluding hydrogens is 328 g/mol. The number of morpholine rings is 1. The van der Waals surface area contributed by atoms with E-state index in [9.17, 15) is 4.79 Å². The second-order valence-corrected chi connectivity index (χ2v) is 8.20. The van der Waals surface area contributed by atoms with Crippen LogP contribution < -0.4 is 10.2 Å². The second kappa shape index (κ2) is 8.25. The van der Waals surface area contributed by atoms with Gasteiger partial charge in [-0.15, -0.1) is 0 Å². The largest absolute Gasteiger partial charge is 0.372 e. The molecule has 3 heterocycles. The molecule has 3 rings (SSSR count). The number of likely N-dealkylation sites (tertiary alicyclic amines) is 1. The highest BCUT2D eigenvalue weighted by Gasteiger charge is 2.25. The van der Waals surface area contributed by atoms with Gasteiger partial charge < -0.3 is 19.9 Å². The summed E-state index contributed by atoms with van der Waals surface area (Å²) in [6.07, 6.45) is 3.50. The van der Waals surface area contributed by atoms with E-state index in [1.54, 1.807) is 0 Å². The average Bonchev–Trinajstić information content (AvgIpc) is 2.58. The van der Waals surface area contributed by atoms with Gasteiger partial charge in [0, 0.05) is 38.9 Å². The van der Waals surface area contributed by atoms with E-state index in [2.05, 4.69) is 49.0 Å². The number of ether oxygens (including phenoxy) is 1. The Kier molecular flexibility index (Phi) is 6.01. The van der Waals surface area contributed by atoms with Crippen LogP contribution in [0.15, 0.2) is 18.3 Å². The summed E-state index contributed by atoms with van der Waals surface area (Å²) in [5, 5.41) is 3.04. The number of nitrogens with one attached hydrogen (secondary N) is 1. The van der Waals surface area contributed by atoms with Crippen molar-refractivity contribution in [3.05, 3.63) is 23.9 Å². The zero-order chi connectivity index (χ0) is 18.7. The molecule has 0 spiro atoms. The van der Waals surface area contributed by atoms with Gasteiger partial charge in [-0.2, -0.15) is 0 Å². The van der Waals surface area contributed by atoms with E-state index < -0.39 is 0 Å². The fraction of sp³-hybridized carbons (Fsp3) is 0.700. The minimum atomic E-state index is 0.0308. The number of rotatable bonds is 3. The Morgan fingerprint density at radius 2 is 1.77 bits per heavy atom. The number of anilines is 1. The first-order valence-corrected chi connectivity index (χ1v) is 9.78. The van der Waals surface area contributed by atoms with Crippen LogP contribution in [0.4, 0.5) is 10.6 Å². The molecule has 2 amide bonds. The van der Waals surface area contributed by atoms with Gasteiger partial charge in [0.15, 0.2) is 0 Å². The molecule has 144 valence electrons. The maximum atomic E-state index is 12.4. The Labute approximate surface area is 156 Å². The van der Waals surface area contributed by atoms with E-state index in [0.29, 0.717) is 18.4 Å². The van der Waals surface area contributed by atoms with E-state index in [-0.39, 0.29) is 18.2 Å². The first kappa shape index (κ1) is 19.0. The number of pyridine rings is 1. The van der Waals surface area contributed by atoms with E-state index in [1.165, 1.54) is 6.42 Å². The van der Waals surface area contributed by atoms with Gasteiger partial charge in [-0.05, 0) is 43.7 Å². The molecule has 6 heteroatoms. The van der Waals surface area contributed by atoms with E-state index in [4.69, 9.17) is 4.74 Å². The van der Waals surface area contributed by atoms with Gasteiger partial charge >= 0.3 is 6.03 Å². The molecule has 0 aliphatic carbocycles. The minimum Gasteiger partial charge on any atom is -0.372 e. The van der Waals surface area contributed by atoms with E-state index in [1.807, 2.05) is 17.2 Å². The lowest BCUT2D eigenvalue weighted by Gasteiger charge is -2.36. The normalized spacial score (nSPS) is 29.5. The lowest BCUT2D eigenvalue weighted by Crippen LogP contribution is -2.47. The number of aromatic nitrogens is 1. The molecular formula is C20H32N4O2. The van der Waals surface area contributed by atoms with Gasteiger partial charge in [0.2, 0.25) is 0 Å². The number of hydrogen-bond donors (Lipinski definition) is 1. The standard InChI is InChI=1S/C20H32N4O2/c1-14-7-15(2)11-24(10-14)20(25)22-9-18-5-6-19(21-8-18)23-12-16(3)26-17(4)13-23/h5-6,8,14-17H,7,9-13H2,1-4H3,(H,22,25). The molecule has 4 atom stereocenters. The third-order valence-corrected chi connectivity index (χ3v) is 5.15. The first-order valence-electron chi connectivity index (χ1n) is 9.78. The van der Waals surface area contributed by atoms with Crippen LogP contribution in [-0.2, 0) is 11.3 Å². The Hall–Kier alpha value is -1.82. The quantitative estimate of drug-likeness (QED) is 0.900. The fourth-order valence-corrected chi connectivity index (χ4v) is 4.19. The molecule has 1 N–H and O–H groups in total. The van der Waals surface area contributed by atoms with Crippen molar-refractivity contribution in [2.75, 3.05) is 31.1 Å². The van der Waals surface area contributed by atoms with Crippen molar-refractivity contribution in [1.29, 1.82) is 0 Å². The van der Waals surface area contributed by atoms with Crippen LogP contribution in [0.3, 0.4) is 0 Å². The highest BCUT2D eigenvalue weighted by atomic mass is 16.5. The number of urea groups is 1. The zero-order valence-electron chi connectivity index (χ0n) is 16.4. The van der Waals surface area contributed by atoms with Gasteiger partial charge in [0.25, 0.3) is 0 Å². The Bertz CT molecular complexity index is 586. The minimum absolute atomic E-state index is 0.0308. The molecule has 2 aliphatic heterocycles. The van der Waals surface area contributed by atoms with Crippen molar-refractivity contribution in [2.45, 2.75) is 52.9 Å². The first-order chi connectivity index (χ1) is 12.4. The molecule has 1 aromatic heterocycles. The van der Waals surface area contributed by atoms with Crippen molar-refractivity contribution in [3.63, 3.8) is 0 Å². The highest BCUT2D eigenvalue weighted by Crippen LogP contribution is 2.21. The smallest absolute Gasteiger partial charge is 0.317 e. The fourth-order valence-electron chi connectivity index (χ4n) is 4.19. The maximum Gasteiger partial charge on any atom is 0.317 e. The molecule has 2 fully saturated rings. The number of piperidine rings is 1. The average molecular weight is 361 g/mol. The van der Waals surface area contributed by atoms with Crippen LogP contribution in [0.1, 0.15) is 39.7 Å². The summed E-state index contributed by atoms with van der Waals surface area (Å²) in [6.45, 7) is 12.5. The summed E-state index contributed by atoms with van der Waals surface area (Å²) >= 11 is 0. The maximum absolute atomic E-state index is 12.4. The van der Waals surface area contributed by atoms with Gasteiger partial charge in [-0.1, -0.05) is 19.9 Å². The van der Waals surface area contributed by atoms with Crippen molar-refractivity contribution in [1.82, 2.24) is 15.2 Å². The van der Waals surface area contributed by atoms with Crippen LogP contribution in [0.2, 0.25) is 0 Å². The Morgan fingerprint density at radius 1 is 1.12 bits per heavy atom. The summed E-state index contributed by atoms with van der Waals surface area (Å²) in [4.78, 5) is 21.2. The predicted octanol–water partition coefficient (Wildman–Crippen LogP) is 2.88. The molecule has 0 bridgehead atoms. The van der Waals surface area contributed by atoms with Crippen molar-refractivity contribution >= 4 is 11.8 Å². The van der Waals surface area contributed by atoms with Gasteiger partial charge in [0.05, 0.1) is 12.2 Å². The Balaban J connectivity index is 1.52. The van der Waals surface area contributed by atoms with E-state index in [0.717, 1.165) is 37.6 Å². The van der Waals surface area contributed by atoms with E-state index >= 15 is 0 Å². The highest BCUT2D eigenvalue weighted by molar-refractivity contribution is 5.74. The van der Waals surface area contributed by atoms with Crippen LogP contribution in [0.5, 0.6) is 0 Å². The molecule has 2 saturated heterocycles. The number of amides is 2. The molecule has 6 nitrogen and oxygen atoms in total. The van der Waals surface area contributed by atoms with Gasteiger partial charge in [-0.3, -0.25) is 0 Å². The van der Waals surface area contributed by atoms with Gasteiger partial charge in [-0.25, -0.2) is 9.78 Å². The molecule has 0 radical (unpaired) electrons. The topological polar surface area (TPSA) is 57.7 Å².